The first-order valence-corrected chi connectivity index (χ1v) is 6.94. The first-order chi connectivity index (χ1) is 9.22. The van der Waals surface area contributed by atoms with Crippen molar-refractivity contribution in [2.75, 3.05) is 5.73 Å². The Bertz CT molecular complexity index is 693. The number of ether oxygens (including phenoxy) is 1. The minimum Gasteiger partial charge on any atom is -0.484 e. The Morgan fingerprint density at radius 2 is 2.05 bits per heavy atom. The van der Waals surface area contributed by atoms with Crippen molar-refractivity contribution in [3.63, 3.8) is 0 Å². The number of thiazole rings is 1. The standard InChI is InChI=1S/C14H11ClN2OS/c15-9-5-6-10(16)12(7-9)18-8-14-17-11-3-1-2-4-13(11)19-14/h1-7H,8,16H2. The van der Waals surface area contributed by atoms with Gasteiger partial charge in [0.15, 0.2) is 0 Å². The fourth-order valence-corrected chi connectivity index (χ4v) is 2.80. The molecule has 0 amide bonds. The van der Waals surface area contributed by atoms with Crippen molar-refractivity contribution in [3.8, 4) is 5.75 Å². The molecule has 0 radical (unpaired) electrons. The van der Waals surface area contributed by atoms with Crippen LogP contribution >= 0.6 is 22.9 Å². The molecule has 3 rings (SSSR count). The van der Waals surface area contributed by atoms with Crippen molar-refractivity contribution in [1.29, 1.82) is 0 Å². The highest BCUT2D eigenvalue weighted by Gasteiger charge is 2.06. The van der Waals surface area contributed by atoms with Crippen LogP contribution in [0.3, 0.4) is 0 Å². The molecule has 0 bridgehead atoms. The van der Waals surface area contributed by atoms with Gasteiger partial charge in [-0.2, -0.15) is 0 Å². The third-order valence-corrected chi connectivity index (χ3v) is 3.91. The van der Waals surface area contributed by atoms with Gasteiger partial charge in [-0.15, -0.1) is 11.3 Å². The van der Waals surface area contributed by atoms with E-state index in [4.69, 9.17) is 22.1 Å². The Kier molecular flexibility index (Phi) is 3.27. The van der Waals surface area contributed by atoms with E-state index in [1.54, 1.807) is 29.5 Å². The Morgan fingerprint density at radius 3 is 2.89 bits per heavy atom. The quantitative estimate of drug-likeness (QED) is 0.738. The van der Waals surface area contributed by atoms with Gasteiger partial charge in [-0.25, -0.2) is 4.98 Å². The van der Waals surface area contributed by atoms with Crippen molar-refractivity contribution in [1.82, 2.24) is 4.98 Å². The summed E-state index contributed by atoms with van der Waals surface area (Å²) < 4.78 is 6.82. The third kappa shape index (κ3) is 2.64. The summed E-state index contributed by atoms with van der Waals surface area (Å²) in [5.41, 5.74) is 7.39. The number of anilines is 1. The predicted molar refractivity (Wildman–Crippen MR) is 79.8 cm³/mol. The van der Waals surface area contributed by atoms with Crippen molar-refractivity contribution < 1.29 is 4.74 Å². The molecule has 3 nitrogen and oxygen atoms in total. The Hall–Kier alpha value is -1.78. The lowest BCUT2D eigenvalue weighted by Crippen LogP contribution is -1.98. The number of hydrogen-bond donors (Lipinski definition) is 1. The molecule has 0 atom stereocenters. The lowest BCUT2D eigenvalue weighted by atomic mass is 10.3. The number of rotatable bonds is 3. The number of nitrogen functional groups attached to an aromatic ring is 1. The van der Waals surface area contributed by atoms with E-state index in [0.717, 1.165) is 15.2 Å². The van der Waals surface area contributed by atoms with Crippen LogP contribution in [0.25, 0.3) is 10.2 Å². The van der Waals surface area contributed by atoms with E-state index in [1.807, 2.05) is 24.3 Å². The van der Waals surface area contributed by atoms with E-state index < -0.39 is 0 Å². The first kappa shape index (κ1) is 12.3. The Labute approximate surface area is 119 Å². The molecule has 1 aromatic heterocycles. The maximum Gasteiger partial charge on any atom is 0.144 e. The zero-order valence-corrected chi connectivity index (χ0v) is 11.5. The summed E-state index contributed by atoms with van der Waals surface area (Å²) in [6, 6.07) is 13.2. The van der Waals surface area contributed by atoms with Crippen LogP contribution in [0.4, 0.5) is 5.69 Å². The van der Waals surface area contributed by atoms with Crippen LogP contribution in [0.1, 0.15) is 5.01 Å². The molecule has 1 heterocycles. The molecule has 0 aliphatic carbocycles. The summed E-state index contributed by atoms with van der Waals surface area (Å²) in [5, 5.41) is 1.52. The van der Waals surface area contributed by atoms with Gasteiger partial charge < -0.3 is 10.5 Å². The zero-order valence-electron chi connectivity index (χ0n) is 9.97. The molecular weight excluding hydrogens is 280 g/mol. The molecule has 2 N–H and O–H groups in total. The molecular formula is C14H11ClN2OS. The second-order valence-electron chi connectivity index (χ2n) is 4.05. The molecule has 0 saturated carbocycles. The highest BCUT2D eigenvalue weighted by molar-refractivity contribution is 7.18. The van der Waals surface area contributed by atoms with Crippen LogP contribution in [0.15, 0.2) is 42.5 Å². The number of nitrogens with two attached hydrogens (primary N) is 1. The molecule has 0 aliphatic heterocycles. The van der Waals surface area contributed by atoms with Crippen LogP contribution in [0.2, 0.25) is 5.02 Å². The highest BCUT2D eigenvalue weighted by Crippen LogP contribution is 2.27. The molecule has 3 aromatic rings. The van der Waals surface area contributed by atoms with Gasteiger partial charge in [-0.1, -0.05) is 23.7 Å². The maximum atomic E-state index is 5.91. The largest absolute Gasteiger partial charge is 0.484 e. The molecule has 0 spiro atoms. The van der Waals surface area contributed by atoms with Gasteiger partial charge in [0.1, 0.15) is 17.4 Å². The van der Waals surface area contributed by atoms with Gasteiger partial charge >= 0.3 is 0 Å². The van der Waals surface area contributed by atoms with Crippen LogP contribution < -0.4 is 10.5 Å². The van der Waals surface area contributed by atoms with Gasteiger partial charge in [0.25, 0.3) is 0 Å². The highest BCUT2D eigenvalue weighted by atomic mass is 35.5. The minimum absolute atomic E-state index is 0.393. The topological polar surface area (TPSA) is 48.1 Å². The van der Waals surface area contributed by atoms with E-state index in [9.17, 15) is 0 Å². The van der Waals surface area contributed by atoms with Gasteiger partial charge in [0.2, 0.25) is 0 Å². The number of halogens is 1. The van der Waals surface area contributed by atoms with Gasteiger partial charge in [0.05, 0.1) is 15.9 Å². The lowest BCUT2D eigenvalue weighted by molar-refractivity contribution is 0.307. The first-order valence-electron chi connectivity index (χ1n) is 5.74. The summed E-state index contributed by atoms with van der Waals surface area (Å²) in [4.78, 5) is 4.50. The third-order valence-electron chi connectivity index (χ3n) is 2.66. The van der Waals surface area contributed by atoms with E-state index >= 15 is 0 Å². The summed E-state index contributed by atoms with van der Waals surface area (Å²) in [5.74, 6) is 0.590. The lowest BCUT2D eigenvalue weighted by Gasteiger charge is -2.07. The van der Waals surface area contributed by atoms with E-state index in [-0.39, 0.29) is 0 Å². The van der Waals surface area contributed by atoms with Crippen LogP contribution in [-0.2, 0) is 6.61 Å². The van der Waals surface area contributed by atoms with E-state index in [1.165, 1.54) is 0 Å². The number of para-hydroxylation sites is 1. The smallest absolute Gasteiger partial charge is 0.144 e. The average Bonchev–Trinajstić information content (AvgIpc) is 2.82. The molecule has 0 unspecified atom stereocenters. The molecule has 19 heavy (non-hydrogen) atoms. The summed E-state index contributed by atoms with van der Waals surface area (Å²) in [6.07, 6.45) is 0. The number of hydrogen-bond acceptors (Lipinski definition) is 4. The van der Waals surface area contributed by atoms with Crippen LogP contribution in [0.5, 0.6) is 5.75 Å². The fraction of sp³-hybridized carbons (Fsp3) is 0.0714. The van der Waals surface area contributed by atoms with Crippen molar-refractivity contribution >= 4 is 38.8 Å². The van der Waals surface area contributed by atoms with Crippen molar-refractivity contribution in [2.24, 2.45) is 0 Å². The molecule has 96 valence electrons. The number of fused-ring (bicyclic) bond motifs is 1. The van der Waals surface area contributed by atoms with Crippen molar-refractivity contribution in [3.05, 3.63) is 52.5 Å². The molecule has 2 aromatic carbocycles. The van der Waals surface area contributed by atoms with Gasteiger partial charge in [-0.05, 0) is 24.3 Å². The van der Waals surface area contributed by atoms with Gasteiger partial charge in [-0.3, -0.25) is 0 Å². The SMILES string of the molecule is Nc1ccc(Cl)cc1OCc1nc2ccccc2s1. The molecule has 0 aliphatic rings. The summed E-state index contributed by atoms with van der Waals surface area (Å²) in [7, 11) is 0. The van der Waals surface area contributed by atoms with E-state index in [2.05, 4.69) is 4.98 Å². The summed E-state index contributed by atoms with van der Waals surface area (Å²) in [6.45, 7) is 0.393. The normalized spacial score (nSPS) is 10.8. The van der Waals surface area contributed by atoms with Crippen LogP contribution in [-0.4, -0.2) is 4.98 Å². The van der Waals surface area contributed by atoms with E-state index in [0.29, 0.717) is 23.1 Å². The fourth-order valence-electron chi connectivity index (χ4n) is 1.75. The zero-order chi connectivity index (χ0) is 13.2. The maximum absolute atomic E-state index is 5.91. The monoisotopic (exact) mass is 290 g/mol. The summed E-state index contributed by atoms with van der Waals surface area (Å²) >= 11 is 7.53. The Morgan fingerprint density at radius 1 is 1.21 bits per heavy atom. The second kappa shape index (κ2) is 5.07. The molecule has 0 fully saturated rings. The second-order valence-corrected chi connectivity index (χ2v) is 5.60. The van der Waals surface area contributed by atoms with Crippen molar-refractivity contribution in [2.45, 2.75) is 6.61 Å². The number of nitrogens with zero attached hydrogens (tertiary/aromatic N) is 1. The van der Waals surface area contributed by atoms with Crippen LogP contribution in [0, 0.1) is 0 Å². The number of aromatic nitrogens is 1. The van der Waals surface area contributed by atoms with Gasteiger partial charge in [0, 0.05) is 11.1 Å². The minimum atomic E-state index is 0.393. The average molecular weight is 291 g/mol. The number of benzene rings is 2. The Balaban J connectivity index is 1.80. The molecule has 0 saturated heterocycles. The predicted octanol–water partition coefficient (Wildman–Crippen LogP) is 4.11. The molecule has 5 heteroatoms.